The zero-order chi connectivity index (χ0) is 21.6. The first-order valence-corrected chi connectivity index (χ1v) is 12.5. The fourth-order valence-corrected chi connectivity index (χ4v) is 3.58. The van der Waals surface area contributed by atoms with E-state index in [1.165, 1.54) is 38.5 Å². The Morgan fingerprint density at radius 2 is 1.17 bits per heavy atom. The number of hydrogen-bond donors (Lipinski definition) is 2. The monoisotopic (exact) mass is 416 g/mol. The Morgan fingerprint density at radius 3 is 1.69 bits per heavy atom. The van der Waals surface area contributed by atoms with E-state index >= 15 is 0 Å². The van der Waals surface area contributed by atoms with Gasteiger partial charge in [-0.3, -0.25) is 0 Å². The third-order valence-electron chi connectivity index (χ3n) is 5.16. The molecule has 0 aromatic heterocycles. The number of nitrogens with two attached hydrogens (primary N) is 1. The van der Waals surface area contributed by atoms with Crippen LogP contribution in [0.15, 0.2) is 0 Å². The molecule has 1 unspecified atom stereocenters. The van der Waals surface area contributed by atoms with Crippen LogP contribution in [0.4, 0.5) is 0 Å². The molecule has 0 radical (unpaired) electrons. The summed E-state index contributed by atoms with van der Waals surface area (Å²) in [6.07, 6.45) is 13.9. The van der Waals surface area contributed by atoms with Crippen LogP contribution in [0.1, 0.15) is 105 Å². The molecular formula is C24H52N2O3. The van der Waals surface area contributed by atoms with Crippen LogP contribution in [-0.2, 0) is 14.2 Å². The van der Waals surface area contributed by atoms with Gasteiger partial charge in [0.25, 0.3) is 5.97 Å². The molecule has 1 atom stereocenters. The van der Waals surface area contributed by atoms with Crippen molar-refractivity contribution in [2.24, 2.45) is 11.7 Å². The second kappa shape index (κ2) is 21.0. The average Bonchev–Trinajstić information content (AvgIpc) is 2.74. The largest absolute Gasteiger partial charge is 0.329 e. The van der Waals surface area contributed by atoms with E-state index in [1.807, 2.05) is 0 Å². The van der Waals surface area contributed by atoms with E-state index in [9.17, 15) is 0 Å². The Labute approximate surface area is 181 Å². The number of hydrogen-bond acceptors (Lipinski definition) is 5. The first kappa shape index (κ1) is 28.8. The molecular weight excluding hydrogens is 364 g/mol. The van der Waals surface area contributed by atoms with Crippen molar-refractivity contribution in [1.82, 2.24) is 5.32 Å². The Morgan fingerprint density at radius 1 is 0.655 bits per heavy atom. The molecule has 3 N–H and O–H groups in total. The van der Waals surface area contributed by atoms with Crippen LogP contribution >= 0.6 is 0 Å². The highest BCUT2D eigenvalue weighted by Gasteiger charge is 2.41. The van der Waals surface area contributed by atoms with Crippen LogP contribution in [0.3, 0.4) is 0 Å². The minimum absolute atomic E-state index is 0.262. The Bertz CT molecular complexity index is 307. The zero-order valence-corrected chi connectivity index (χ0v) is 20.1. The highest BCUT2D eigenvalue weighted by atomic mass is 16.9. The summed E-state index contributed by atoms with van der Waals surface area (Å²) in [5, 5.41) is 3.41. The summed E-state index contributed by atoms with van der Waals surface area (Å²) in [5.41, 5.74) is 5.60. The minimum atomic E-state index is -0.890. The van der Waals surface area contributed by atoms with Gasteiger partial charge in [-0.25, -0.2) is 0 Å². The Balaban J connectivity index is 5.07. The van der Waals surface area contributed by atoms with Gasteiger partial charge < -0.3 is 25.3 Å². The van der Waals surface area contributed by atoms with Gasteiger partial charge in [-0.15, -0.1) is 0 Å². The van der Waals surface area contributed by atoms with Gasteiger partial charge in [0.2, 0.25) is 0 Å². The molecule has 0 heterocycles. The molecule has 0 aromatic carbocycles. The summed E-state index contributed by atoms with van der Waals surface area (Å²) in [4.78, 5) is 0. The molecule has 0 aliphatic rings. The summed E-state index contributed by atoms with van der Waals surface area (Å²) < 4.78 is 19.0. The van der Waals surface area contributed by atoms with Crippen LogP contribution < -0.4 is 11.1 Å². The lowest BCUT2D eigenvalue weighted by atomic mass is 9.92. The Kier molecular flexibility index (Phi) is 20.9. The molecule has 0 fully saturated rings. The molecule has 0 spiro atoms. The molecule has 0 aliphatic carbocycles. The van der Waals surface area contributed by atoms with Gasteiger partial charge >= 0.3 is 0 Å². The molecule has 0 bridgehead atoms. The fourth-order valence-electron chi connectivity index (χ4n) is 3.58. The maximum absolute atomic E-state index is 6.33. The first-order valence-electron chi connectivity index (χ1n) is 12.5. The van der Waals surface area contributed by atoms with Crippen LogP contribution in [-0.4, -0.2) is 45.4 Å². The number of ether oxygens (including phenoxy) is 3. The molecule has 176 valence electrons. The van der Waals surface area contributed by atoms with E-state index in [1.54, 1.807) is 0 Å². The molecule has 5 nitrogen and oxygen atoms in total. The summed E-state index contributed by atoms with van der Waals surface area (Å²) in [7, 11) is 0. The van der Waals surface area contributed by atoms with E-state index in [-0.39, 0.29) is 5.92 Å². The number of rotatable bonds is 23. The van der Waals surface area contributed by atoms with Crippen molar-refractivity contribution in [2.75, 3.05) is 39.5 Å². The highest BCUT2D eigenvalue weighted by molar-refractivity contribution is 4.74. The molecule has 0 rings (SSSR count). The average molecular weight is 417 g/mol. The van der Waals surface area contributed by atoms with Crippen LogP contribution in [0.2, 0.25) is 0 Å². The van der Waals surface area contributed by atoms with Crippen LogP contribution in [0, 0.1) is 5.92 Å². The standard InChI is InChI=1S/C24H52N2O3/c1-5-9-10-11-12-13-15-23(16-14-18-26-19-17-25)24(27-20-6-2,28-21-7-3)29-22-8-4/h23,26H,5-22,25H2,1-4H3. The highest BCUT2D eigenvalue weighted by Crippen LogP contribution is 2.34. The van der Waals surface area contributed by atoms with E-state index in [0.29, 0.717) is 26.4 Å². The summed E-state index contributed by atoms with van der Waals surface area (Å²) >= 11 is 0. The van der Waals surface area contributed by atoms with Gasteiger partial charge in [0, 0.05) is 19.0 Å². The van der Waals surface area contributed by atoms with E-state index in [4.69, 9.17) is 19.9 Å². The fraction of sp³-hybridized carbons (Fsp3) is 1.00. The lowest BCUT2D eigenvalue weighted by Gasteiger charge is -2.40. The second-order valence-corrected chi connectivity index (χ2v) is 8.08. The van der Waals surface area contributed by atoms with E-state index in [2.05, 4.69) is 33.0 Å². The van der Waals surface area contributed by atoms with Gasteiger partial charge in [-0.2, -0.15) is 0 Å². The number of unbranched alkanes of at least 4 members (excludes halogenated alkanes) is 5. The molecule has 0 saturated carbocycles. The lowest BCUT2D eigenvalue weighted by Crippen LogP contribution is -2.47. The predicted octanol–water partition coefficient (Wildman–Crippen LogP) is 5.62. The summed E-state index contributed by atoms with van der Waals surface area (Å²) in [6, 6.07) is 0. The lowest BCUT2D eigenvalue weighted by molar-refractivity contribution is -0.406. The van der Waals surface area contributed by atoms with Crippen molar-refractivity contribution in [2.45, 2.75) is 111 Å². The van der Waals surface area contributed by atoms with Crippen molar-refractivity contribution in [3.8, 4) is 0 Å². The topological polar surface area (TPSA) is 65.7 Å². The summed E-state index contributed by atoms with van der Waals surface area (Å²) in [5.74, 6) is -0.628. The van der Waals surface area contributed by atoms with Gasteiger partial charge in [0.15, 0.2) is 0 Å². The van der Waals surface area contributed by atoms with Gasteiger partial charge in [-0.05, 0) is 45.1 Å². The van der Waals surface area contributed by atoms with Crippen molar-refractivity contribution >= 4 is 0 Å². The third kappa shape index (κ3) is 14.4. The summed E-state index contributed by atoms with van der Waals surface area (Å²) in [6.45, 7) is 13.3. The molecule has 29 heavy (non-hydrogen) atoms. The SMILES string of the molecule is CCCCCCCCC(CCCNCCN)C(OCCC)(OCCC)OCCC. The Hall–Kier alpha value is -0.200. The maximum atomic E-state index is 6.33. The first-order chi connectivity index (χ1) is 14.2. The molecule has 0 aliphatic heterocycles. The van der Waals surface area contributed by atoms with E-state index < -0.39 is 5.97 Å². The van der Waals surface area contributed by atoms with Crippen LogP contribution in [0.25, 0.3) is 0 Å². The van der Waals surface area contributed by atoms with Crippen LogP contribution in [0.5, 0.6) is 0 Å². The van der Waals surface area contributed by atoms with Gasteiger partial charge in [0.1, 0.15) is 0 Å². The maximum Gasteiger partial charge on any atom is 0.285 e. The predicted molar refractivity (Wildman–Crippen MR) is 124 cm³/mol. The third-order valence-corrected chi connectivity index (χ3v) is 5.16. The van der Waals surface area contributed by atoms with Crippen molar-refractivity contribution in [3.63, 3.8) is 0 Å². The van der Waals surface area contributed by atoms with Crippen molar-refractivity contribution in [3.05, 3.63) is 0 Å². The molecule has 5 heteroatoms. The second-order valence-electron chi connectivity index (χ2n) is 8.08. The van der Waals surface area contributed by atoms with Crippen molar-refractivity contribution in [1.29, 1.82) is 0 Å². The smallest absolute Gasteiger partial charge is 0.285 e. The normalized spacial score (nSPS) is 13.1. The molecule has 0 amide bonds. The van der Waals surface area contributed by atoms with E-state index in [0.717, 1.165) is 51.6 Å². The van der Waals surface area contributed by atoms with Gasteiger partial charge in [0.05, 0.1) is 19.8 Å². The molecule has 0 saturated heterocycles. The molecule has 0 aromatic rings. The van der Waals surface area contributed by atoms with Crippen molar-refractivity contribution < 1.29 is 14.2 Å². The quantitative estimate of drug-likeness (QED) is 0.167. The van der Waals surface area contributed by atoms with Gasteiger partial charge in [-0.1, -0.05) is 66.2 Å². The number of nitrogens with one attached hydrogen (secondary N) is 1. The zero-order valence-electron chi connectivity index (χ0n) is 20.1. The minimum Gasteiger partial charge on any atom is -0.329 e.